The smallest absolute Gasteiger partial charge is 0.169 e. The first kappa shape index (κ1) is 19.1. The van der Waals surface area contributed by atoms with Gasteiger partial charge in [0.25, 0.3) is 0 Å². The molecule has 0 aliphatic carbocycles. The summed E-state index contributed by atoms with van der Waals surface area (Å²) in [5, 5.41) is 18.6. The average Bonchev–Trinajstić information content (AvgIpc) is 3.19. The zero-order valence-electron chi connectivity index (χ0n) is 17.1. The van der Waals surface area contributed by atoms with Crippen LogP contribution in [0.15, 0.2) is 36.7 Å². The van der Waals surface area contributed by atoms with Crippen LogP contribution in [0.25, 0.3) is 0 Å². The molecule has 1 aromatic carbocycles. The lowest BCUT2D eigenvalue weighted by atomic mass is 10.0. The van der Waals surface area contributed by atoms with Gasteiger partial charge in [0.1, 0.15) is 11.6 Å². The average molecular weight is 387 g/mol. The zero-order valence-corrected chi connectivity index (χ0v) is 17.1. The molecule has 0 fully saturated rings. The summed E-state index contributed by atoms with van der Waals surface area (Å²) in [5.41, 5.74) is 6.34. The van der Waals surface area contributed by atoms with Crippen LogP contribution < -0.4 is 4.90 Å². The minimum absolute atomic E-state index is 0.672. The number of benzene rings is 1. The molecule has 1 aliphatic heterocycles. The molecule has 6 nitrogen and oxygen atoms in total. The fourth-order valence-electron chi connectivity index (χ4n) is 4.14. The van der Waals surface area contributed by atoms with Gasteiger partial charge in [-0.05, 0) is 30.4 Å². The largest absolute Gasteiger partial charge is 0.348 e. The highest BCUT2D eigenvalue weighted by molar-refractivity contribution is 5.58. The van der Waals surface area contributed by atoms with Crippen molar-refractivity contribution in [3.05, 3.63) is 70.4 Å². The molecule has 3 aromatic rings. The van der Waals surface area contributed by atoms with E-state index in [0.29, 0.717) is 17.9 Å². The molecule has 0 radical (unpaired) electrons. The number of hydrogen-bond acceptors (Lipinski definition) is 5. The quantitative estimate of drug-likeness (QED) is 0.649. The van der Waals surface area contributed by atoms with Gasteiger partial charge in [0, 0.05) is 25.2 Å². The molecule has 4 rings (SSSR count). The Balaban J connectivity index is 1.54. The second-order valence-corrected chi connectivity index (χ2v) is 7.38. The molecule has 3 heterocycles. The Bertz CT molecular complexity index is 1030. The van der Waals surface area contributed by atoms with Gasteiger partial charge >= 0.3 is 0 Å². The minimum Gasteiger partial charge on any atom is -0.348 e. The van der Waals surface area contributed by atoms with Crippen LogP contribution in [-0.2, 0) is 38.8 Å². The lowest BCUT2D eigenvalue weighted by Crippen LogP contribution is -2.33. The van der Waals surface area contributed by atoms with Gasteiger partial charge in [-0.25, -0.2) is 4.98 Å². The maximum Gasteiger partial charge on any atom is 0.169 e. The first-order chi connectivity index (χ1) is 14.2. The van der Waals surface area contributed by atoms with Gasteiger partial charge in [0.05, 0.1) is 24.3 Å². The number of nitriles is 1. The van der Waals surface area contributed by atoms with E-state index < -0.39 is 0 Å². The Hall–Kier alpha value is -3.20. The van der Waals surface area contributed by atoms with E-state index in [1.165, 1.54) is 11.3 Å². The normalized spacial score (nSPS) is 13.2. The van der Waals surface area contributed by atoms with E-state index in [0.717, 1.165) is 55.7 Å². The molecule has 2 aromatic heterocycles. The number of anilines is 1. The van der Waals surface area contributed by atoms with E-state index in [4.69, 9.17) is 0 Å². The molecule has 0 unspecified atom stereocenters. The third kappa shape index (κ3) is 3.73. The van der Waals surface area contributed by atoms with Gasteiger partial charge in [0.2, 0.25) is 0 Å². The van der Waals surface area contributed by atoms with Gasteiger partial charge in [0.15, 0.2) is 5.82 Å². The number of aromatic nitrogens is 4. The van der Waals surface area contributed by atoms with E-state index in [9.17, 15) is 5.26 Å². The number of fused-ring (bicyclic) bond motifs is 1. The molecular weight excluding hydrogens is 360 g/mol. The van der Waals surface area contributed by atoms with Crippen molar-refractivity contribution in [2.75, 3.05) is 11.4 Å². The number of rotatable bonds is 6. The van der Waals surface area contributed by atoms with Gasteiger partial charge in [-0.2, -0.15) is 10.4 Å². The maximum atomic E-state index is 9.79. The predicted octanol–water partition coefficient (Wildman–Crippen LogP) is 3.47. The summed E-state index contributed by atoms with van der Waals surface area (Å²) in [7, 11) is 0. The van der Waals surface area contributed by atoms with E-state index in [-0.39, 0.29) is 0 Å². The van der Waals surface area contributed by atoms with Gasteiger partial charge < -0.3 is 9.47 Å². The highest BCUT2D eigenvalue weighted by Gasteiger charge is 2.25. The van der Waals surface area contributed by atoms with Crippen molar-refractivity contribution in [2.45, 2.75) is 52.6 Å². The molecule has 0 spiro atoms. The lowest BCUT2D eigenvalue weighted by Gasteiger charge is -2.29. The van der Waals surface area contributed by atoms with Crippen LogP contribution in [0.2, 0.25) is 0 Å². The summed E-state index contributed by atoms with van der Waals surface area (Å²) in [6.45, 7) is 6.55. The molecular formula is C23H26N6. The molecule has 0 N–H and O–H groups in total. The third-order valence-corrected chi connectivity index (χ3v) is 5.72. The highest BCUT2D eigenvalue weighted by atomic mass is 15.3. The standard InChI is InChI=1S/C23H26N6/c1-3-18-19(14-24)23(27-26-20(18)4-2)28-13-11-22-21(15-28)25-16-29(22)12-10-17-8-6-5-7-9-17/h5-9,16H,3-4,10-13,15H2,1-2H3. The van der Waals surface area contributed by atoms with Crippen LogP contribution in [0.5, 0.6) is 0 Å². The van der Waals surface area contributed by atoms with Gasteiger partial charge in [-0.1, -0.05) is 44.2 Å². The number of hydrogen-bond donors (Lipinski definition) is 0. The molecule has 148 valence electrons. The molecule has 0 atom stereocenters. The molecule has 0 saturated heterocycles. The van der Waals surface area contributed by atoms with Gasteiger partial charge in [-0.15, -0.1) is 5.10 Å². The van der Waals surface area contributed by atoms with Crippen molar-refractivity contribution < 1.29 is 0 Å². The fourth-order valence-corrected chi connectivity index (χ4v) is 4.14. The Labute approximate surface area is 171 Å². The van der Waals surface area contributed by atoms with E-state index in [1.54, 1.807) is 0 Å². The second kappa shape index (κ2) is 8.44. The van der Waals surface area contributed by atoms with E-state index in [2.05, 4.69) is 68.8 Å². The fraction of sp³-hybridized carbons (Fsp3) is 0.391. The van der Waals surface area contributed by atoms with E-state index in [1.807, 2.05) is 12.4 Å². The third-order valence-electron chi connectivity index (χ3n) is 5.72. The molecule has 1 aliphatic rings. The summed E-state index contributed by atoms with van der Waals surface area (Å²) < 4.78 is 2.27. The summed E-state index contributed by atoms with van der Waals surface area (Å²) in [5.74, 6) is 0.700. The summed E-state index contributed by atoms with van der Waals surface area (Å²) in [4.78, 5) is 6.82. The van der Waals surface area contributed by atoms with Crippen molar-refractivity contribution >= 4 is 5.82 Å². The van der Waals surface area contributed by atoms with Crippen LogP contribution in [0.4, 0.5) is 5.82 Å². The van der Waals surface area contributed by atoms with E-state index >= 15 is 0 Å². The minimum atomic E-state index is 0.672. The predicted molar refractivity (Wildman–Crippen MR) is 113 cm³/mol. The van der Waals surface area contributed by atoms with Crippen molar-refractivity contribution in [3.63, 3.8) is 0 Å². The molecule has 0 bridgehead atoms. The summed E-state index contributed by atoms with van der Waals surface area (Å²) >= 11 is 0. The highest BCUT2D eigenvalue weighted by Crippen LogP contribution is 2.28. The van der Waals surface area contributed by atoms with Crippen LogP contribution in [0.1, 0.15) is 47.6 Å². The second-order valence-electron chi connectivity index (χ2n) is 7.38. The number of nitrogens with zero attached hydrogens (tertiary/aromatic N) is 6. The molecule has 0 saturated carbocycles. The lowest BCUT2D eigenvalue weighted by molar-refractivity contribution is 0.619. The van der Waals surface area contributed by atoms with Crippen molar-refractivity contribution in [3.8, 4) is 6.07 Å². The number of aryl methyl sites for hydroxylation is 3. The van der Waals surface area contributed by atoms with Crippen LogP contribution in [0, 0.1) is 11.3 Å². The summed E-state index contributed by atoms with van der Waals surface area (Å²) in [6.07, 6.45) is 5.43. The van der Waals surface area contributed by atoms with Crippen molar-refractivity contribution in [1.29, 1.82) is 5.26 Å². The summed E-state index contributed by atoms with van der Waals surface area (Å²) in [6, 6.07) is 12.9. The first-order valence-corrected chi connectivity index (χ1v) is 10.3. The molecule has 0 amide bonds. The van der Waals surface area contributed by atoms with Crippen molar-refractivity contribution in [1.82, 2.24) is 19.7 Å². The monoisotopic (exact) mass is 386 g/mol. The van der Waals surface area contributed by atoms with Crippen LogP contribution >= 0.6 is 0 Å². The topological polar surface area (TPSA) is 70.6 Å². The van der Waals surface area contributed by atoms with Crippen molar-refractivity contribution in [2.24, 2.45) is 0 Å². The number of imidazole rings is 1. The molecule has 29 heavy (non-hydrogen) atoms. The Morgan fingerprint density at radius 2 is 1.93 bits per heavy atom. The Morgan fingerprint density at radius 3 is 2.66 bits per heavy atom. The first-order valence-electron chi connectivity index (χ1n) is 10.3. The Morgan fingerprint density at radius 1 is 1.10 bits per heavy atom. The molecule has 6 heteroatoms. The SMILES string of the molecule is CCc1nnc(N2CCc3c(ncn3CCc3ccccc3)C2)c(C#N)c1CC. The van der Waals surface area contributed by atoms with Crippen LogP contribution in [-0.4, -0.2) is 26.3 Å². The van der Waals surface area contributed by atoms with Crippen LogP contribution in [0.3, 0.4) is 0 Å². The Kier molecular flexibility index (Phi) is 5.57. The zero-order chi connectivity index (χ0) is 20.2. The van der Waals surface area contributed by atoms with Gasteiger partial charge in [-0.3, -0.25) is 0 Å². The maximum absolute atomic E-state index is 9.79.